The smallest absolute Gasteiger partial charge is 0.316 e. The lowest BCUT2D eigenvalue weighted by Gasteiger charge is -2.20. The van der Waals surface area contributed by atoms with Crippen LogP contribution in [0.15, 0.2) is 60.7 Å². The zero-order chi connectivity index (χ0) is 23.6. The molecule has 34 heavy (non-hydrogen) atoms. The number of esters is 1. The Bertz CT molecular complexity index is 1220. The van der Waals surface area contributed by atoms with E-state index in [9.17, 15) is 19.2 Å². The number of imide groups is 1. The molecule has 0 unspecified atom stereocenters. The van der Waals surface area contributed by atoms with E-state index in [4.69, 9.17) is 4.74 Å². The summed E-state index contributed by atoms with van der Waals surface area (Å²) >= 11 is 0. The quantitative estimate of drug-likeness (QED) is 0.305. The molecule has 2 aromatic rings. The van der Waals surface area contributed by atoms with Gasteiger partial charge in [0.2, 0.25) is 17.7 Å². The minimum absolute atomic E-state index is 0.0979. The van der Waals surface area contributed by atoms with Gasteiger partial charge in [-0.3, -0.25) is 19.2 Å². The van der Waals surface area contributed by atoms with E-state index in [0.717, 1.165) is 12.1 Å². The topological polar surface area (TPSA) is 84.0 Å². The molecule has 0 N–H and O–H groups in total. The highest BCUT2D eigenvalue weighted by Gasteiger charge is 2.59. The summed E-state index contributed by atoms with van der Waals surface area (Å²) in [6, 6.07) is 14.2. The number of aryl methyl sites for hydroxylation is 1. The Hall–Kier alpha value is -3.74. The highest BCUT2D eigenvalue weighted by Crippen LogP contribution is 2.53. The molecule has 2 aliphatic carbocycles. The predicted molar refractivity (Wildman–Crippen MR) is 124 cm³/mol. The van der Waals surface area contributed by atoms with Gasteiger partial charge in [-0.25, -0.2) is 4.90 Å². The Kier molecular flexibility index (Phi) is 4.69. The SMILES string of the molecule is Cc1cc(OC(=O)[C@@H]2CC(=O)N(c3ccccc3)C2)ccc1N1C(=O)[C@@H]2[C@H](C1=O)[C@H]1C=C[C@H]2C1. The normalized spacial score (nSPS) is 29.3. The van der Waals surface area contributed by atoms with Crippen LogP contribution in [0.3, 0.4) is 0 Å². The molecule has 2 aromatic carbocycles. The number of hydrogen-bond acceptors (Lipinski definition) is 5. The van der Waals surface area contributed by atoms with E-state index in [0.29, 0.717) is 17.0 Å². The average molecular weight is 456 g/mol. The summed E-state index contributed by atoms with van der Waals surface area (Å²) in [5.41, 5.74) is 1.98. The molecule has 2 saturated heterocycles. The maximum Gasteiger partial charge on any atom is 0.316 e. The predicted octanol–water partition coefficient (Wildman–Crippen LogP) is 3.27. The summed E-state index contributed by atoms with van der Waals surface area (Å²) < 4.78 is 5.59. The van der Waals surface area contributed by atoms with Crippen LogP contribution in [-0.2, 0) is 19.2 Å². The van der Waals surface area contributed by atoms with Crippen molar-refractivity contribution in [3.05, 3.63) is 66.2 Å². The first kappa shape index (κ1) is 20.8. The lowest BCUT2D eigenvalue weighted by molar-refractivity contribution is -0.139. The van der Waals surface area contributed by atoms with Gasteiger partial charge in [-0.2, -0.15) is 0 Å². The van der Waals surface area contributed by atoms with Gasteiger partial charge >= 0.3 is 5.97 Å². The summed E-state index contributed by atoms with van der Waals surface area (Å²) in [5, 5.41) is 0. The van der Waals surface area contributed by atoms with Crippen molar-refractivity contribution in [3.8, 4) is 5.75 Å². The number of para-hydroxylation sites is 1. The lowest BCUT2D eigenvalue weighted by atomic mass is 9.85. The number of amides is 3. The third-order valence-corrected chi connectivity index (χ3v) is 7.62. The van der Waals surface area contributed by atoms with Crippen molar-refractivity contribution in [1.29, 1.82) is 0 Å². The van der Waals surface area contributed by atoms with Crippen LogP contribution in [0.1, 0.15) is 18.4 Å². The number of carbonyl (C=O) groups excluding carboxylic acids is 4. The Labute approximate surface area is 197 Å². The van der Waals surface area contributed by atoms with Crippen LogP contribution in [-0.4, -0.2) is 30.2 Å². The van der Waals surface area contributed by atoms with Gasteiger partial charge < -0.3 is 9.64 Å². The molecule has 2 bridgehead atoms. The van der Waals surface area contributed by atoms with E-state index in [1.54, 1.807) is 30.0 Å². The maximum absolute atomic E-state index is 13.1. The number of nitrogens with zero attached hydrogens (tertiary/aromatic N) is 2. The second-order valence-electron chi connectivity index (χ2n) is 9.62. The monoisotopic (exact) mass is 456 g/mol. The van der Waals surface area contributed by atoms with Crippen LogP contribution >= 0.6 is 0 Å². The van der Waals surface area contributed by atoms with Gasteiger partial charge in [0.15, 0.2) is 0 Å². The van der Waals surface area contributed by atoms with Crippen LogP contribution in [0, 0.1) is 36.5 Å². The fraction of sp³-hybridized carbons (Fsp3) is 0.333. The van der Waals surface area contributed by atoms with Crippen molar-refractivity contribution >= 4 is 35.1 Å². The van der Waals surface area contributed by atoms with E-state index < -0.39 is 11.9 Å². The molecule has 172 valence electrons. The molecule has 1 saturated carbocycles. The summed E-state index contributed by atoms with van der Waals surface area (Å²) in [6.07, 6.45) is 5.13. The minimum atomic E-state index is -0.559. The fourth-order valence-corrected chi connectivity index (χ4v) is 6.00. The summed E-state index contributed by atoms with van der Waals surface area (Å²) in [4.78, 5) is 54.3. The Balaban J connectivity index is 1.16. The van der Waals surface area contributed by atoms with E-state index in [2.05, 4.69) is 12.2 Å². The number of rotatable bonds is 4. The first-order valence-electron chi connectivity index (χ1n) is 11.7. The summed E-state index contributed by atoms with van der Waals surface area (Å²) in [5.74, 6) is -1.28. The van der Waals surface area contributed by atoms with Crippen LogP contribution in [0.2, 0.25) is 0 Å². The van der Waals surface area contributed by atoms with Crippen molar-refractivity contribution in [2.24, 2.45) is 29.6 Å². The van der Waals surface area contributed by atoms with E-state index in [1.807, 2.05) is 30.3 Å². The van der Waals surface area contributed by atoms with Crippen LogP contribution < -0.4 is 14.5 Å². The van der Waals surface area contributed by atoms with Gasteiger partial charge in [0.25, 0.3) is 0 Å². The van der Waals surface area contributed by atoms with Crippen LogP contribution in [0.4, 0.5) is 11.4 Å². The number of benzene rings is 2. The van der Waals surface area contributed by atoms with E-state index in [1.165, 1.54) is 4.90 Å². The van der Waals surface area contributed by atoms with Gasteiger partial charge in [-0.05, 0) is 61.1 Å². The molecule has 4 aliphatic rings. The first-order chi connectivity index (χ1) is 16.4. The zero-order valence-corrected chi connectivity index (χ0v) is 18.7. The second-order valence-corrected chi connectivity index (χ2v) is 9.62. The van der Waals surface area contributed by atoms with E-state index in [-0.39, 0.29) is 54.4 Å². The molecule has 7 heteroatoms. The van der Waals surface area contributed by atoms with Crippen molar-refractivity contribution < 1.29 is 23.9 Å². The molecule has 2 heterocycles. The number of anilines is 2. The summed E-state index contributed by atoms with van der Waals surface area (Å²) in [7, 11) is 0. The van der Waals surface area contributed by atoms with Gasteiger partial charge in [0.1, 0.15) is 5.75 Å². The molecule has 6 rings (SSSR count). The lowest BCUT2D eigenvalue weighted by Crippen LogP contribution is -2.33. The number of carbonyl (C=O) groups is 4. The molecule has 5 atom stereocenters. The van der Waals surface area contributed by atoms with Crippen molar-refractivity contribution in [2.45, 2.75) is 19.8 Å². The van der Waals surface area contributed by atoms with Crippen LogP contribution in [0.25, 0.3) is 0 Å². The number of fused-ring (bicyclic) bond motifs is 5. The molecule has 2 aliphatic heterocycles. The Morgan fingerprint density at radius 1 is 0.941 bits per heavy atom. The first-order valence-corrected chi connectivity index (χ1v) is 11.7. The van der Waals surface area contributed by atoms with Crippen molar-refractivity contribution in [1.82, 2.24) is 0 Å². The third kappa shape index (κ3) is 3.10. The molecule has 3 fully saturated rings. The van der Waals surface area contributed by atoms with Crippen molar-refractivity contribution in [3.63, 3.8) is 0 Å². The molecule has 7 nitrogen and oxygen atoms in total. The molecule has 0 aromatic heterocycles. The van der Waals surface area contributed by atoms with Crippen molar-refractivity contribution in [2.75, 3.05) is 16.3 Å². The molecular weight excluding hydrogens is 432 g/mol. The molecular formula is C27H24N2O5. The van der Waals surface area contributed by atoms with E-state index >= 15 is 0 Å². The molecule has 3 amide bonds. The highest BCUT2D eigenvalue weighted by molar-refractivity contribution is 6.23. The van der Waals surface area contributed by atoms with Gasteiger partial charge in [0, 0.05) is 18.7 Å². The Morgan fingerprint density at radius 3 is 2.26 bits per heavy atom. The minimum Gasteiger partial charge on any atom is -0.426 e. The second kappa shape index (κ2) is 7.65. The zero-order valence-electron chi connectivity index (χ0n) is 18.7. The number of hydrogen-bond donors (Lipinski definition) is 0. The number of allylic oxidation sites excluding steroid dienone is 2. The largest absolute Gasteiger partial charge is 0.426 e. The van der Waals surface area contributed by atoms with Gasteiger partial charge in [-0.1, -0.05) is 30.4 Å². The standard InChI is InChI=1S/C27H24N2O5/c1-15-11-20(34-27(33)18-13-22(30)28(14-18)19-5-3-2-4-6-19)9-10-21(15)29-25(31)23-16-7-8-17(12-16)24(23)26(29)32/h2-11,16-18,23-24H,12-14H2,1H3/t16-,17-,18+,23-,24+/m0/s1. The third-order valence-electron chi connectivity index (χ3n) is 7.62. The molecule has 0 spiro atoms. The Morgan fingerprint density at radius 2 is 1.62 bits per heavy atom. The highest BCUT2D eigenvalue weighted by atomic mass is 16.5. The van der Waals surface area contributed by atoms with Crippen LogP contribution in [0.5, 0.6) is 5.75 Å². The average Bonchev–Trinajstić information content (AvgIpc) is 3.59. The summed E-state index contributed by atoms with van der Waals surface area (Å²) in [6.45, 7) is 2.07. The fourth-order valence-electron chi connectivity index (χ4n) is 6.00. The van der Waals surface area contributed by atoms with Gasteiger partial charge in [-0.15, -0.1) is 0 Å². The maximum atomic E-state index is 13.1. The number of ether oxygens (including phenoxy) is 1. The molecule has 0 radical (unpaired) electrons. The van der Waals surface area contributed by atoms with Gasteiger partial charge in [0.05, 0.1) is 23.4 Å².